The Morgan fingerprint density at radius 1 is 0.970 bits per heavy atom. The summed E-state index contributed by atoms with van der Waals surface area (Å²) in [6, 6.07) is 10.1. The average Bonchev–Trinajstić information content (AvgIpc) is 2.71. The Morgan fingerprint density at radius 2 is 1.73 bits per heavy atom. The summed E-state index contributed by atoms with van der Waals surface area (Å²) in [6.07, 6.45) is -9.43. The molecule has 0 unspecified atom stereocenters. The quantitative estimate of drug-likeness (QED) is 0.393. The third kappa shape index (κ3) is 6.72. The molecule has 0 amide bonds. The fourth-order valence-electron chi connectivity index (χ4n) is 2.91. The number of aryl methyl sites for hydroxylation is 1. The van der Waals surface area contributed by atoms with Crippen LogP contribution in [0, 0.1) is 6.92 Å². The van der Waals surface area contributed by atoms with E-state index in [0.29, 0.717) is 0 Å². The highest BCUT2D eigenvalue weighted by Gasteiger charge is 2.33. The van der Waals surface area contributed by atoms with Gasteiger partial charge in [0.2, 0.25) is 5.95 Å². The van der Waals surface area contributed by atoms with Crippen LogP contribution < -0.4 is 15.4 Å². The molecule has 3 N–H and O–H groups in total. The third-order valence-corrected chi connectivity index (χ3v) is 4.30. The molecule has 1 heterocycles. The van der Waals surface area contributed by atoms with Gasteiger partial charge in [-0.25, -0.2) is 4.98 Å². The zero-order chi connectivity index (χ0) is 24.2. The number of rotatable bonds is 7. The molecule has 6 nitrogen and oxygen atoms in total. The maximum atomic E-state index is 13.2. The van der Waals surface area contributed by atoms with Gasteiger partial charge in [0.1, 0.15) is 11.6 Å². The summed E-state index contributed by atoms with van der Waals surface area (Å²) in [7, 11) is 0. The number of ether oxygens (including phenoxy) is 1. The Hall–Kier alpha value is -3.54. The number of aliphatic hydroxyl groups is 1. The molecule has 0 bridgehead atoms. The Balaban J connectivity index is 1.99. The second kappa shape index (κ2) is 9.53. The average molecular weight is 472 g/mol. The first kappa shape index (κ1) is 24.1. The van der Waals surface area contributed by atoms with Gasteiger partial charge in [0.15, 0.2) is 0 Å². The number of hydrogen-bond donors (Lipinski definition) is 3. The topological polar surface area (TPSA) is 79.3 Å². The van der Waals surface area contributed by atoms with E-state index in [1.54, 1.807) is 0 Å². The fourth-order valence-corrected chi connectivity index (χ4v) is 2.91. The Kier molecular flexibility index (Phi) is 6.96. The van der Waals surface area contributed by atoms with Crippen molar-refractivity contribution >= 4 is 17.5 Å². The first-order valence-electron chi connectivity index (χ1n) is 9.49. The van der Waals surface area contributed by atoms with Crippen LogP contribution in [0.3, 0.4) is 0 Å². The molecule has 0 aliphatic carbocycles. The first-order valence-corrected chi connectivity index (χ1v) is 9.49. The van der Waals surface area contributed by atoms with Crippen molar-refractivity contribution < 1.29 is 36.2 Å². The third-order valence-electron chi connectivity index (χ3n) is 4.30. The van der Waals surface area contributed by atoms with E-state index in [1.165, 1.54) is 37.3 Å². The van der Waals surface area contributed by atoms with Crippen LogP contribution in [-0.4, -0.2) is 34.6 Å². The molecular weight excluding hydrogens is 454 g/mol. The van der Waals surface area contributed by atoms with Crippen molar-refractivity contribution in [2.75, 3.05) is 23.8 Å². The zero-order valence-electron chi connectivity index (χ0n) is 17.1. The van der Waals surface area contributed by atoms with E-state index >= 15 is 0 Å². The number of hydrogen-bond acceptors (Lipinski definition) is 6. The highest BCUT2D eigenvalue weighted by atomic mass is 19.4. The summed E-state index contributed by atoms with van der Waals surface area (Å²) in [5.74, 6) is -0.375. The van der Waals surface area contributed by atoms with Gasteiger partial charge in [0.25, 0.3) is 0 Å². The van der Waals surface area contributed by atoms with E-state index in [9.17, 15) is 26.3 Å². The highest BCUT2D eigenvalue weighted by Crippen LogP contribution is 2.34. The number of aromatic nitrogens is 2. The van der Waals surface area contributed by atoms with Crippen molar-refractivity contribution in [3.8, 4) is 17.0 Å². The molecule has 2 aromatic carbocycles. The predicted octanol–water partition coefficient (Wildman–Crippen LogP) is 5.52. The summed E-state index contributed by atoms with van der Waals surface area (Å²) in [5.41, 5.74) is -0.265. The number of benzene rings is 2. The standard InChI is InChI=1S/C21H18F6N4O2/c1-12-5-6-14(10-16(12)20(22,23)24)29-18-11-17(30-19(31-18)28-7-8-32)13-3-2-4-15(9-13)33-21(25,26)27/h2-6,9-11,32H,7-8H2,1H3,(H2,28,29,30,31). The van der Waals surface area contributed by atoms with Crippen LogP contribution in [0.2, 0.25) is 0 Å². The molecule has 12 heteroatoms. The van der Waals surface area contributed by atoms with Gasteiger partial charge in [-0.1, -0.05) is 18.2 Å². The van der Waals surface area contributed by atoms with Gasteiger partial charge in [0.05, 0.1) is 17.9 Å². The van der Waals surface area contributed by atoms with Crippen LogP contribution in [0.5, 0.6) is 5.75 Å². The van der Waals surface area contributed by atoms with E-state index in [-0.39, 0.29) is 47.4 Å². The Bertz CT molecular complexity index is 1120. The van der Waals surface area contributed by atoms with Crippen LogP contribution in [0.15, 0.2) is 48.5 Å². The van der Waals surface area contributed by atoms with Crippen molar-refractivity contribution in [2.45, 2.75) is 19.5 Å². The van der Waals surface area contributed by atoms with Gasteiger partial charge in [-0.15, -0.1) is 13.2 Å². The fraction of sp³-hybridized carbons (Fsp3) is 0.238. The molecule has 0 saturated heterocycles. The molecule has 0 aliphatic heterocycles. The number of anilines is 3. The summed E-state index contributed by atoms with van der Waals surface area (Å²) in [4.78, 5) is 8.35. The number of alkyl halides is 6. The van der Waals surface area contributed by atoms with Crippen molar-refractivity contribution in [3.05, 3.63) is 59.7 Å². The number of nitrogens with zero attached hydrogens (tertiary/aromatic N) is 2. The molecule has 176 valence electrons. The second-order valence-electron chi connectivity index (χ2n) is 6.84. The van der Waals surface area contributed by atoms with E-state index < -0.39 is 23.9 Å². The van der Waals surface area contributed by atoms with Crippen LogP contribution in [0.4, 0.5) is 43.8 Å². The molecule has 0 radical (unpaired) electrons. The van der Waals surface area contributed by atoms with Crippen molar-refractivity contribution in [3.63, 3.8) is 0 Å². The van der Waals surface area contributed by atoms with Gasteiger partial charge >= 0.3 is 12.5 Å². The minimum absolute atomic E-state index is 0.00866. The monoisotopic (exact) mass is 472 g/mol. The summed E-state index contributed by atoms with van der Waals surface area (Å²) >= 11 is 0. The number of nitrogens with one attached hydrogen (secondary N) is 2. The second-order valence-corrected chi connectivity index (χ2v) is 6.84. The van der Waals surface area contributed by atoms with Crippen LogP contribution in [0.25, 0.3) is 11.3 Å². The lowest BCUT2D eigenvalue weighted by atomic mass is 10.1. The van der Waals surface area contributed by atoms with Crippen molar-refractivity contribution in [1.29, 1.82) is 0 Å². The van der Waals surface area contributed by atoms with E-state index in [0.717, 1.165) is 18.2 Å². The summed E-state index contributed by atoms with van der Waals surface area (Å²) in [5, 5.41) is 14.5. The lowest BCUT2D eigenvalue weighted by molar-refractivity contribution is -0.274. The molecule has 0 aliphatic rings. The van der Waals surface area contributed by atoms with Gasteiger partial charge in [-0.05, 0) is 36.8 Å². The molecule has 1 aromatic heterocycles. The molecule has 33 heavy (non-hydrogen) atoms. The molecule has 3 rings (SSSR count). The lowest BCUT2D eigenvalue weighted by Crippen LogP contribution is -2.17. The summed E-state index contributed by atoms with van der Waals surface area (Å²) in [6.45, 7) is 1.16. The number of aliphatic hydroxyl groups excluding tert-OH is 1. The Labute approximate surface area is 184 Å². The smallest absolute Gasteiger partial charge is 0.406 e. The van der Waals surface area contributed by atoms with Gasteiger partial charge in [0, 0.05) is 23.9 Å². The Morgan fingerprint density at radius 3 is 2.39 bits per heavy atom. The molecule has 0 atom stereocenters. The molecule has 0 saturated carbocycles. The maximum absolute atomic E-state index is 13.2. The zero-order valence-corrected chi connectivity index (χ0v) is 17.1. The SMILES string of the molecule is Cc1ccc(Nc2cc(-c3cccc(OC(F)(F)F)c3)nc(NCCO)n2)cc1C(F)(F)F. The van der Waals surface area contributed by atoms with E-state index in [1.807, 2.05) is 0 Å². The summed E-state index contributed by atoms with van der Waals surface area (Å²) < 4.78 is 81.3. The predicted molar refractivity (Wildman–Crippen MR) is 109 cm³/mol. The lowest BCUT2D eigenvalue weighted by Gasteiger charge is -2.15. The largest absolute Gasteiger partial charge is 0.573 e. The van der Waals surface area contributed by atoms with Crippen molar-refractivity contribution in [2.24, 2.45) is 0 Å². The van der Waals surface area contributed by atoms with Crippen LogP contribution >= 0.6 is 0 Å². The van der Waals surface area contributed by atoms with Crippen LogP contribution in [0.1, 0.15) is 11.1 Å². The molecule has 0 spiro atoms. The van der Waals surface area contributed by atoms with Gasteiger partial charge < -0.3 is 20.5 Å². The van der Waals surface area contributed by atoms with E-state index in [2.05, 4.69) is 25.3 Å². The molecule has 3 aromatic rings. The van der Waals surface area contributed by atoms with Crippen LogP contribution in [-0.2, 0) is 6.18 Å². The molecule has 0 fully saturated rings. The number of halogens is 6. The normalized spacial score (nSPS) is 11.9. The molecular formula is C21H18F6N4O2. The minimum Gasteiger partial charge on any atom is -0.406 e. The first-order chi connectivity index (χ1) is 15.4. The minimum atomic E-state index is -4.88. The van der Waals surface area contributed by atoms with Crippen molar-refractivity contribution in [1.82, 2.24) is 9.97 Å². The highest BCUT2D eigenvalue weighted by molar-refractivity contribution is 5.68. The van der Waals surface area contributed by atoms with E-state index in [4.69, 9.17) is 5.11 Å². The maximum Gasteiger partial charge on any atom is 0.573 e. The van der Waals surface area contributed by atoms with Gasteiger partial charge in [-0.2, -0.15) is 18.2 Å². The van der Waals surface area contributed by atoms with Gasteiger partial charge in [-0.3, -0.25) is 0 Å².